The summed E-state index contributed by atoms with van der Waals surface area (Å²) in [6.07, 6.45) is -9.68. The molecule has 1 unspecified atom stereocenters. The molecule has 25 heavy (non-hydrogen) atoms. The number of carboxylic acid groups (broad SMARTS) is 1. The second-order valence-electron chi connectivity index (χ2n) is 5.26. The second-order valence-corrected chi connectivity index (χ2v) is 5.26. The number of aromatic nitrogens is 2. The zero-order valence-corrected chi connectivity index (χ0v) is 12.4. The predicted molar refractivity (Wildman–Crippen MR) is 73.1 cm³/mol. The number of hydrogen-bond acceptors (Lipinski definition) is 3. The highest BCUT2D eigenvalue weighted by atomic mass is 19.4. The third-order valence-corrected chi connectivity index (χ3v) is 3.50. The fraction of sp³-hybridized carbons (Fsp3) is 0.357. The number of nitrogens with zero attached hydrogens (tertiary/aromatic N) is 2. The van der Waals surface area contributed by atoms with Crippen LogP contribution in [0.2, 0.25) is 0 Å². The van der Waals surface area contributed by atoms with Crippen LogP contribution in [0.5, 0.6) is 0 Å². The summed E-state index contributed by atoms with van der Waals surface area (Å²) in [5.41, 5.74) is -3.19. The Hall–Kier alpha value is -2.59. The topological polar surface area (TPSA) is 72.2 Å². The molecule has 0 bridgehead atoms. The number of halogens is 6. The third kappa shape index (κ3) is 3.74. The van der Waals surface area contributed by atoms with Crippen molar-refractivity contribution >= 4 is 16.7 Å². The Labute approximate surface area is 135 Å². The molecule has 0 radical (unpaired) electrons. The van der Waals surface area contributed by atoms with E-state index < -0.39 is 58.4 Å². The van der Waals surface area contributed by atoms with E-state index in [2.05, 4.69) is 5.10 Å². The van der Waals surface area contributed by atoms with Crippen LogP contribution in [-0.4, -0.2) is 27.0 Å². The maximum absolute atomic E-state index is 13.0. The van der Waals surface area contributed by atoms with Gasteiger partial charge in [0.15, 0.2) is 0 Å². The summed E-state index contributed by atoms with van der Waals surface area (Å²) in [4.78, 5) is 22.9. The molecule has 11 heteroatoms. The van der Waals surface area contributed by atoms with E-state index in [4.69, 9.17) is 5.11 Å². The van der Waals surface area contributed by atoms with E-state index in [1.807, 2.05) is 0 Å². The number of hydrogen-bond donors (Lipinski definition) is 1. The van der Waals surface area contributed by atoms with Gasteiger partial charge in [-0.05, 0) is 25.1 Å². The van der Waals surface area contributed by atoms with Crippen LogP contribution in [-0.2, 0) is 17.5 Å². The minimum absolute atomic E-state index is 0.287. The first-order chi connectivity index (χ1) is 11.3. The minimum atomic E-state index is -4.85. The number of benzene rings is 1. The Morgan fingerprint density at radius 1 is 1.20 bits per heavy atom. The first-order valence-electron chi connectivity index (χ1n) is 6.73. The summed E-state index contributed by atoms with van der Waals surface area (Å²) in [5.74, 6) is -3.84. The molecule has 0 fully saturated rings. The lowest BCUT2D eigenvalue weighted by Gasteiger charge is -2.19. The molecule has 1 heterocycles. The van der Waals surface area contributed by atoms with Crippen LogP contribution < -0.4 is 5.56 Å². The van der Waals surface area contributed by atoms with Gasteiger partial charge in [0.25, 0.3) is 5.56 Å². The zero-order valence-electron chi connectivity index (χ0n) is 12.4. The van der Waals surface area contributed by atoms with E-state index in [0.717, 1.165) is 0 Å². The molecule has 1 aromatic heterocycles. The molecule has 0 aliphatic heterocycles. The number of carbonyl (C=O) groups is 1. The molecule has 2 rings (SSSR count). The molecule has 0 saturated heterocycles. The van der Waals surface area contributed by atoms with Crippen molar-refractivity contribution in [3.05, 3.63) is 39.8 Å². The van der Waals surface area contributed by atoms with Crippen molar-refractivity contribution in [3.63, 3.8) is 0 Å². The Morgan fingerprint density at radius 3 is 2.28 bits per heavy atom. The standard InChI is InChI=1S/C14H10F6N2O3/c1-6(13(15,16)17)11-9-4-7(14(18,19)20)2-3-8(9)12(25)22(21-11)5-10(23)24/h2-4,6H,5H2,1H3,(H,23,24). The average molecular weight is 368 g/mol. The van der Waals surface area contributed by atoms with Gasteiger partial charge in [-0.25, -0.2) is 4.68 Å². The lowest BCUT2D eigenvalue weighted by Crippen LogP contribution is -2.30. The Balaban J connectivity index is 2.87. The number of alkyl halides is 6. The summed E-state index contributed by atoms with van der Waals surface area (Å²) in [6, 6.07) is 1.66. The fourth-order valence-electron chi connectivity index (χ4n) is 2.20. The van der Waals surface area contributed by atoms with Gasteiger partial charge in [-0.1, -0.05) is 0 Å². The molecular formula is C14H10F6N2O3. The van der Waals surface area contributed by atoms with Gasteiger partial charge >= 0.3 is 18.3 Å². The highest BCUT2D eigenvalue weighted by molar-refractivity contribution is 5.85. The van der Waals surface area contributed by atoms with Crippen LogP contribution in [0.4, 0.5) is 26.3 Å². The molecule has 1 N–H and O–H groups in total. The molecule has 2 aromatic rings. The smallest absolute Gasteiger partial charge is 0.416 e. The number of carboxylic acids is 1. The van der Waals surface area contributed by atoms with Crippen molar-refractivity contribution in [3.8, 4) is 0 Å². The lowest BCUT2D eigenvalue weighted by atomic mass is 9.99. The molecule has 5 nitrogen and oxygen atoms in total. The van der Waals surface area contributed by atoms with Gasteiger partial charge in [-0.3, -0.25) is 9.59 Å². The van der Waals surface area contributed by atoms with Crippen molar-refractivity contribution in [2.75, 3.05) is 0 Å². The maximum atomic E-state index is 13.0. The highest BCUT2D eigenvalue weighted by Gasteiger charge is 2.40. The fourth-order valence-corrected chi connectivity index (χ4v) is 2.20. The Bertz CT molecular complexity index is 885. The van der Waals surface area contributed by atoms with Crippen molar-refractivity contribution in [1.29, 1.82) is 0 Å². The molecule has 1 atom stereocenters. The van der Waals surface area contributed by atoms with Gasteiger partial charge in [-0.2, -0.15) is 31.4 Å². The van der Waals surface area contributed by atoms with Crippen LogP contribution in [0.3, 0.4) is 0 Å². The van der Waals surface area contributed by atoms with Crippen molar-refractivity contribution in [2.24, 2.45) is 0 Å². The first-order valence-corrected chi connectivity index (χ1v) is 6.73. The second kappa shape index (κ2) is 6.05. The van der Waals surface area contributed by atoms with Crippen LogP contribution in [0, 0.1) is 0 Å². The maximum Gasteiger partial charge on any atom is 0.416 e. The molecule has 136 valence electrons. The number of fused-ring (bicyclic) bond motifs is 1. The van der Waals surface area contributed by atoms with Crippen molar-refractivity contribution in [1.82, 2.24) is 9.78 Å². The van der Waals surface area contributed by atoms with Gasteiger partial charge in [0.2, 0.25) is 0 Å². The van der Waals surface area contributed by atoms with E-state index in [0.29, 0.717) is 25.1 Å². The largest absolute Gasteiger partial charge is 0.480 e. The van der Waals surface area contributed by atoms with Gasteiger partial charge < -0.3 is 5.11 Å². The number of rotatable bonds is 3. The van der Waals surface area contributed by atoms with Crippen LogP contribution >= 0.6 is 0 Å². The van der Waals surface area contributed by atoms with Gasteiger partial charge in [0, 0.05) is 5.39 Å². The van der Waals surface area contributed by atoms with E-state index in [9.17, 15) is 35.9 Å². The lowest BCUT2D eigenvalue weighted by molar-refractivity contribution is -0.147. The quantitative estimate of drug-likeness (QED) is 0.845. The van der Waals surface area contributed by atoms with Crippen LogP contribution in [0.1, 0.15) is 24.1 Å². The van der Waals surface area contributed by atoms with Crippen molar-refractivity contribution in [2.45, 2.75) is 31.7 Å². The molecule has 1 aromatic carbocycles. The van der Waals surface area contributed by atoms with Crippen LogP contribution in [0.25, 0.3) is 10.8 Å². The van der Waals surface area contributed by atoms with Gasteiger partial charge in [-0.15, -0.1) is 0 Å². The highest BCUT2D eigenvalue weighted by Crippen LogP contribution is 2.37. The predicted octanol–water partition coefficient (Wildman–Crippen LogP) is 3.17. The SMILES string of the molecule is CC(c1nn(CC(=O)O)c(=O)c2ccc(C(F)(F)F)cc12)C(F)(F)F. The van der Waals surface area contributed by atoms with E-state index in [1.54, 1.807) is 0 Å². The molecule has 0 aliphatic rings. The first kappa shape index (κ1) is 18.7. The molecular weight excluding hydrogens is 358 g/mol. The summed E-state index contributed by atoms with van der Waals surface area (Å²) in [5, 5.41) is 11.0. The summed E-state index contributed by atoms with van der Waals surface area (Å²) < 4.78 is 77.9. The monoisotopic (exact) mass is 368 g/mol. The van der Waals surface area contributed by atoms with E-state index in [1.165, 1.54) is 0 Å². The Morgan fingerprint density at radius 2 is 1.80 bits per heavy atom. The van der Waals surface area contributed by atoms with Gasteiger partial charge in [0.1, 0.15) is 6.54 Å². The zero-order chi connectivity index (χ0) is 19.2. The minimum Gasteiger partial charge on any atom is -0.480 e. The molecule has 0 aliphatic carbocycles. The summed E-state index contributed by atoms with van der Waals surface area (Å²) >= 11 is 0. The van der Waals surface area contributed by atoms with E-state index >= 15 is 0 Å². The van der Waals surface area contributed by atoms with E-state index in [-0.39, 0.29) is 4.68 Å². The average Bonchev–Trinajstić information content (AvgIpc) is 2.46. The molecule has 0 amide bonds. The summed E-state index contributed by atoms with van der Waals surface area (Å²) in [6.45, 7) is -0.356. The Kier molecular flexibility index (Phi) is 4.53. The number of aliphatic carboxylic acids is 1. The third-order valence-electron chi connectivity index (χ3n) is 3.50. The van der Waals surface area contributed by atoms with Crippen LogP contribution in [0.15, 0.2) is 23.0 Å². The van der Waals surface area contributed by atoms with Crippen molar-refractivity contribution < 1.29 is 36.2 Å². The summed E-state index contributed by atoms with van der Waals surface area (Å²) in [7, 11) is 0. The normalized spacial score (nSPS) is 13.9. The molecule has 0 spiro atoms. The van der Waals surface area contributed by atoms with Gasteiger partial charge in [0.05, 0.1) is 22.6 Å². The molecule has 0 saturated carbocycles.